The molecule has 2 rings (SSSR count). The van der Waals surface area contributed by atoms with Crippen LogP contribution >= 0.6 is 11.6 Å². The first-order chi connectivity index (χ1) is 8.75. The number of ketones is 1. The van der Waals surface area contributed by atoms with E-state index in [1.165, 1.54) is 38.5 Å². The Morgan fingerprint density at radius 1 is 1.06 bits per heavy atom. The molecule has 0 bridgehead atoms. The van der Waals surface area contributed by atoms with E-state index >= 15 is 0 Å². The minimum absolute atomic E-state index is 0.0795. The summed E-state index contributed by atoms with van der Waals surface area (Å²) in [6, 6.07) is 7.08. The first kappa shape index (κ1) is 13.4. The van der Waals surface area contributed by atoms with Gasteiger partial charge in [-0.1, -0.05) is 43.4 Å². The van der Waals surface area contributed by atoms with E-state index in [0.29, 0.717) is 16.5 Å². The van der Waals surface area contributed by atoms with Crippen molar-refractivity contribution in [3.8, 4) is 0 Å². The fourth-order valence-corrected chi connectivity index (χ4v) is 2.56. The SMILES string of the molecule is O=C(/C=C/C1CCCCCC1)c1ccc(Cl)cc1. The van der Waals surface area contributed by atoms with Crippen LogP contribution in [0.4, 0.5) is 0 Å². The Balaban J connectivity index is 1.95. The zero-order valence-corrected chi connectivity index (χ0v) is 11.3. The molecular formula is C16H19ClO. The largest absolute Gasteiger partial charge is 0.289 e. The van der Waals surface area contributed by atoms with Gasteiger partial charge in [-0.25, -0.2) is 0 Å². The van der Waals surface area contributed by atoms with Gasteiger partial charge >= 0.3 is 0 Å². The van der Waals surface area contributed by atoms with Crippen LogP contribution in [0.3, 0.4) is 0 Å². The molecule has 0 aromatic heterocycles. The van der Waals surface area contributed by atoms with Crippen molar-refractivity contribution in [1.29, 1.82) is 0 Å². The third-order valence-electron chi connectivity index (χ3n) is 3.55. The van der Waals surface area contributed by atoms with Gasteiger partial charge < -0.3 is 0 Å². The van der Waals surface area contributed by atoms with Crippen LogP contribution in [0.15, 0.2) is 36.4 Å². The molecule has 0 atom stereocenters. The van der Waals surface area contributed by atoms with Crippen molar-refractivity contribution in [2.45, 2.75) is 38.5 Å². The second kappa shape index (κ2) is 6.75. The molecule has 0 radical (unpaired) electrons. The Morgan fingerprint density at radius 2 is 1.67 bits per heavy atom. The molecule has 0 amide bonds. The molecule has 1 aromatic carbocycles. The van der Waals surface area contributed by atoms with E-state index in [1.54, 1.807) is 30.3 Å². The number of allylic oxidation sites excluding steroid dienone is 2. The maximum Gasteiger partial charge on any atom is 0.185 e. The first-order valence-corrected chi connectivity index (χ1v) is 7.11. The zero-order chi connectivity index (χ0) is 12.8. The second-order valence-electron chi connectivity index (χ2n) is 4.98. The van der Waals surface area contributed by atoms with E-state index in [1.807, 2.05) is 0 Å². The van der Waals surface area contributed by atoms with Crippen LogP contribution in [-0.2, 0) is 0 Å². The molecule has 1 aromatic rings. The summed E-state index contributed by atoms with van der Waals surface area (Å²) in [5.41, 5.74) is 0.712. The Bertz CT molecular complexity index is 411. The van der Waals surface area contributed by atoms with Gasteiger partial charge in [-0.05, 0) is 49.1 Å². The molecule has 1 aliphatic carbocycles. The van der Waals surface area contributed by atoms with Crippen LogP contribution in [0.5, 0.6) is 0 Å². The van der Waals surface area contributed by atoms with Crippen molar-refractivity contribution in [1.82, 2.24) is 0 Å². The Hall–Kier alpha value is -1.08. The fourth-order valence-electron chi connectivity index (χ4n) is 2.44. The highest BCUT2D eigenvalue weighted by atomic mass is 35.5. The van der Waals surface area contributed by atoms with Gasteiger partial charge in [0.1, 0.15) is 0 Å². The third-order valence-corrected chi connectivity index (χ3v) is 3.80. The van der Waals surface area contributed by atoms with E-state index < -0.39 is 0 Å². The molecule has 2 heteroatoms. The minimum atomic E-state index is 0.0795. The molecular weight excluding hydrogens is 244 g/mol. The predicted octanol–water partition coefficient (Wildman–Crippen LogP) is 5.05. The highest BCUT2D eigenvalue weighted by Gasteiger charge is 2.09. The maximum atomic E-state index is 12.0. The van der Waals surface area contributed by atoms with Gasteiger partial charge in [-0.2, -0.15) is 0 Å². The number of rotatable bonds is 3. The number of hydrogen-bond donors (Lipinski definition) is 0. The summed E-state index contributed by atoms with van der Waals surface area (Å²) >= 11 is 5.80. The molecule has 96 valence electrons. The molecule has 1 saturated carbocycles. The first-order valence-electron chi connectivity index (χ1n) is 6.74. The van der Waals surface area contributed by atoms with Crippen LogP contribution in [0.1, 0.15) is 48.9 Å². The number of carbonyl (C=O) groups excluding carboxylic acids is 1. The van der Waals surface area contributed by atoms with Crippen molar-refractivity contribution in [3.63, 3.8) is 0 Å². The van der Waals surface area contributed by atoms with Crippen LogP contribution in [0, 0.1) is 5.92 Å². The predicted molar refractivity (Wildman–Crippen MR) is 76.1 cm³/mol. The van der Waals surface area contributed by atoms with Crippen LogP contribution in [-0.4, -0.2) is 5.78 Å². The van der Waals surface area contributed by atoms with E-state index in [9.17, 15) is 4.79 Å². The molecule has 1 nitrogen and oxygen atoms in total. The summed E-state index contributed by atoms with van der Waals surface area (Å²) in [4.78, 5) is 12.0. The lowest BCUT2D eigenvalue weighted by Gasteiger charge is -2.07. The van der Waals surface area contributed by atoms with Crippen LogP contribution in [0.2, 0.25) is 5.02 Å². The molecule has 0 aliphatic heterocycles. The Labute approximate surface area is 114 Å². The quantitative estimate of drug-likeness (QED) is 0.423. The Morgan fingerprint density at radius 3 is 2.28 bits per heavy atom. The fraction of sp³-hybridized carbons (Fsp3) is 0.438. The lowest BCUT2D eigenvalue weighted by atomic mass is 9.99. The summed E-state index contributed by atoms with van der Waals surface area (Å²) in [5.74, 6) is 0.666. The van der Waals surface area contributed by atoms with Crippen LogP contribution in [0.25, 0.3) is 0 Å². The van der Waals surface area contributed by atoms with Crippen LogP contribution < -0.4 is 0 Å². The topological polar surface area (TPSA) is 17.1 Å². The van der Waals surface area contributed by atoms with Gasteiger partial charge in [-0.3, -0.25) is 4.79 Å². The summed E-state index contributed by atoms with van der Waals surface area (Å²) < 4.78 is 0. The van der Waals surface area contributed by atoms with Gasteiger partial charge in [0, 0.05) is 10.6 Å². The van der Waals surface area contributed by atoms with E-state index in [0.717, 1.165) is 0 Å². The highest BCUT2D eigenvalue weighted by Crippen LogP contribution is 2.23. The number of halogens is 1. The summed E-state index contributed by atoms with van der Waals surface area (Å²) in [6.45, 7) is 0. The van der Waals surface area contributed by atoms with Crippen molar-refractivity contribution in [2.75, 3.05) is 0 Å². The smallest absolute Gasteiger partial charge is 0.185 e. The van der Waals surface area contributed by atoms with E-state index in [2.05, 4.69) is 6.08 Å². The summed E-state index contributed by atoms with van der Waals surface area (Å²) in [5, 5.41) is 0.666. The average molecular weight is 263 g/mol. The second-order valence-corrected chi connectivity index (χ2v) is 5.42. The highest BCUT2D eigenvalue weighted by molar-refractivity contribution is 6.30. The summed E-state index contributed by atoms with van der Waals surface area (Å²) in [6.07, 6.45) is 11.6. The number of carbonyl (C=O) groups is 1. The van der Waals surface area contributed by atoms with Crippen molar-refractivity contribution < 1.29 is 4.79 Å². The third kappa shape index (κ3) is 3.99. The Kier molecular flexibility index (Phi) is 5.00. The average Bonchev–Trinajstić information content (AvgIpc) is 2.65. The van der Waals surface area contributed by atoms with Crippen molar-refractivity contribution >= 4 is 17.4 Å². The van der Waals surface area contributed by atoms with Crippen molar-refractivity contribution in [2.24, 2.45) is 5.92 Å². The molecule has 0 heterocycles. The van der Waals surface area contributed by atoms with Gasteiger partial charge in [0.25, 0.3) is 0 Å². The van der Waals surface area contributed by atoms with Gasteiger partial charge in [0.2, 0.25) is 0 Å². The normalized spacial score (nSPS) is 17.8. The molecule has 0 N–H and O–H groups in total. The molecule has 0 spiro atoms. The van der Waals surface area contributed by atoms with E-state index in [4.69, 9.17) is 11.6 Å². The standard InChI is InChI=1S/C16H19ClO/c17-15-10-8-14(9-11-15)16(18)12-7-13-5-3-1-2-4-6-13/h7-13H,1-6H2/b12-7+. The maximum absolute atomic E-state index is 12.0. The lowest BCUT2D eigenvalue weighted by Crippen LogP contribution is -1.98. The molecule has 1 aliphatic rings. The minimum Gasteiger partial charge on any atom is -0.289 e. The monoisotopic (exact) mass is 262 g/mol. The molecule has 0 saturated heterocycles. The molecule has 18 heavy (non-hydrogen) atoms. The van der Waals surface area contributed by atoms with E-state index in [-0.39, 0.29) is 5.78 Å². The van der Waals surface area contributed by atoms with Gasteiger partial charge in [0.05, 0.1) is 0 Å². The van der Waals surface area contributed by atoms with Gasteiger partial charge in [0.15, 0.2) is 5.78 Å². The summed E-state index contributed by atoms with van der Waals surface area (Å²) in [7, 11) is 0. The molecule has 1 fully saturated rings. The van der Waals surface area contributed by atoms with Gasteiger partial charge in [-0.15, -0.1) is 0 Å². The lowest BCUT2D eigenvalue weighted by molar-refractivity contribution is 0.104. The zero-order valence-electron chi connectivity index (χ0n) is 10.6. The number of hydrogen-bond acceptors (Lipinski definition) is 1. The number of benzene rings is 1. The van der Waals surface area contributed by atoms with Crippen molar-refractivity contribution in [3.05, 3.63) is 47.0 Å². The molecule has 0 unspecified atom stereocenters.